The molecule has 112 valence electrons. The predicted molar refractivity (Wildman–Crippen MR) is 88.9 cm³/mol. The van der Waals surface area contributed by atoms with Gasteiger partial charge in [0.1, 0.15) is 0 Å². The first-order chi connectivity index (χ1) is 10.7. The van der Waals surface area contributed by atoms with Crippen LogP contribution in [0.1, 0.15) is 16.9 Å². The lowest BCUT2D eigenvalue weighted by molar-refractivity contribution is -0.116. The third kappa shape index (κ3) is 3.66. The van der Waals surface area contributed by atoms with Gasteiger partial charge in [-0.25, -0.2) is 4.98 Å². The molecular formula is C17H17N3OS. The topological polar surface area (TPSA) is 45.2 Å². The maximum absolute atomic E-state index is 11.9. The Morgan fingerprint density at radius 1 is 1.41 bits per heavy atom. The first-order valence-corrected chi connectivity index (χ1v) is 8.07. The minimum Gasteiger partial charge on any atom is -0.346 e. The zero-order valence-electron chi connectivity index (χ0n) is 12.4. The van der Waals surface area contributed by atoms with Crippen molar-refractivity contribution >= 4 is 22.4 Å². The number of carbonyl (C=O) groups is 1. The average molecular weight is 311 g/mol. The molecule has 1 aromatic heterocycles. The third-order valence-electron chi connectivity index (χ3n) is 3.50. The van der Waals surface area contributed by atoms with Crippen LogP contribution in [0.25, 0.3) is 0 Å². The SMILES string of the molecule is Cc1cnc(N2CCC(NC(=O)C#Cc3ccccc3)C2)s1. The normalized spacial score (nSPS) is 17.0. The molecule has 0 saturated carbocycles. The molecule has 4 nitrogen and oxygen atoms in total. The van der Waals surface area contributed by atoms with Gasteiger partial charge in [0.2, 0.25) is 0 Å². The van der Waals surface area contributed by atoms with E-state index in [9.17, 15) is 4.79 Å². The van der Waals surface area contributed by atoms with Gasteiger partial charge in [0, 0.05) is 41.7 Å². The number of hydrogen-bond acceptors (Lipinski definition) is 4. The monoisotopic (exact) mass is 311 g/mol. The molecule has 0 aliphatic carbocycles. The van der Waals surface area contributed by atoms with Crippen molar-refractivity contribution in [3.63, 3.8) is 0 Å². The van der Waals surface area contributed by atoms with Gasteiger partial charge in [0.25, 0.3) is 5.91 Å². The van der Waals surface area contributed by atoms with Gasteiger partial charge >= 0.3 is 0 Å². The third-order valence-corrected chi connectivity index (χ3v) is 4.47. The summed E-state index contributed by atoms with van der Waals surface area (Å²) < 4.78 is 0. The smallest absolute Gasteiger partial charge is 0.296 e. The number of thiazole rings is 1. The number of amides is 1. The number of rotatable bonds is 2. The fourth-order valence-electron chi connectivity index (χ4n) is 2.41. The van der Waals surface area contributed by atoms with Crippen molar-refractivity contribution in [2.45, 2.75) is 19.4 Å². The van der Waals surface area contributed by atoms with E-state index in [2.05, 4.69) is 34.0 Å². The van der Waals surface area contributed by atoms with E-state index in [-0.39, 0.29) is 11.9 Å². The predicted octanol–water partition coefficient (Wildman–Crippen LogP) is 2.20. The number of nitrogens with one attached hydrogen (secondary N) is 1. The van der Waals surface area contributed by atoms with Crippen LogP contribution in [0.5, 0.6) is 0 Å². The van der Waals surface area contributed by atoms with Crippen molar-refractivity contribution in [3.05, 3.63) is 47.0 Å². The first kappa shape index (κ1) is 14.6. The van der Waals surface area contributed by atoms with Gasteiger partial charge in [-0.05, 0) is 25.5 Å². The summed E-state index contributed by atoms with van der Waals surface area (Å²) in [6, 6.07) is 9.67. The van der Waals surface area contributed by atoms with Crippen LogP contribution in [-0.2, 0) is 4.79 Å². The minimum absolute atomic E-state index is 0.141. The zero-order valence-corrected chi connectivity index (χ0v) is 13.2. The molecule has 1 fully saturated rings. The number of anilines is 1. The van der Waals surface area contributed by atoms with Crippen molar-refractivity contribution in [1.29, 1.82) is 0 Å². The summed E-state index contributed by atoms with van der Waals surface area (Å²) >= 11 is 1.69. The number of benzene rings is 1. The summed E-state index contributed by atoms with van der Waals surface area (Å²) in [4.78, 5) is 19.7. The molecule has 0 radical (unpaired) electrons. The molecule has 5 heteroatoms. The lowest BCUT2D eigenvalue weighted by Gasteiger charge is -2.14. The molecule has 2 heterocycles. The second-order valence-corrected chi connectivity index (χ2v) is 6.49. The fourth-order valence-corrected chi connectivity index (χ4v) is 3.21. The summed E-state index contributed by atoms with van der Waals surface area (Å²) in [5.74, 6) is 5.31. The second kappa shape index (κ2) is 6.63. The number of hydrogen-bond donors (Lipinski definition) is 1. The van der Waals surface area contributed by atoms with E-state index in [1.165, 1.54) is 4.88 Å². The van der Waals surface area contributed by atoms with E-state index in [0.717, 1.165) is 30.2 Å². The standard InChI is InChI=1S/C17H17N3OS/c1-13-11-18-17(22-13)20-10-9-15(12-20)19-16(21)8-7-14-5-3-2-4-6-14/h2-6,11,15H,9-10,12H2,1H3,(H,19,21). The largest absolute Gasteiger partial charge is 0.346 e. The van der Waals surface area contributed by atoms with Crippen molar-refractivity contribution < 1.29 is 4.79 Å². The Bertz CT molecular complexity index is 714. The Morgan fingerprint density at radius 2 is 2.23 bits per heavy atom. The molecule has 22 heavy (non-hydrogen) atoms. The Kier molecular flexibility index (Phi) is 4.40. The molecule has 3 rings (SSSR count). The van der Waals surface area contributed by atoms with E-state index in [4.69, 9.17) is 0 Å². The lowest BCUT2D eigenvalue weighted by Crippen LogP contribution is -2.36. The van der Waals surface area contributed by atoms with Crippen LogP contribution in [0, 0.1) is 18.8 Å². The van der Waals surface area contributed by atoms with E-state index in [1.807, 2.05) is 36.5 Å². The van der Waals surface area contributed by atoms with Crippen molar-refractivity contribution in [1.82, 2.24) is 10.3 Å². The van der Waals surface area contributed by atoms with Gasteiger partial charge in [-0.15, -0.1) is 11.3 Å². The minimum atomic E-state index is -0.217. The molecule has 1 aliphatic rings. The Balaban J connectivity index is 1.54. The second-order valence-electron chi connectivity index (χ2n) is 5.27. The summed E-state index contributed by atoms with van der Waals surface area (Å²) in [5.41, 5.74) is 0.851. The molecule has 1 atom stereocenters. The fraction of sp³-hybridized carbons (Fsp3) is 0.294. The van der Waals surface area contributed by atoms with Crippen molar-refractivity contribution in [2.75, 3.05) is 18.0 Å². The summed E-state index contributed by atoms with van der Waals surface area (Å²) in [6.07, 6.45) is 2.81. The molecule has 0 spiro atoms. The molecular weight excluding hydrogens is 294 g/mol. The van der Waals surface area contributed by atoms with Gasteiger partial charge in [-0.2, -0.15) is 0 Å². The highest BCUT2D eigenvalue weighted by Crippen LogP contribution is 2.25. The molecule has 1 amide bonds. The van der Waals surface area contributed by atoms with Crippen molar-refractivity contribution in [2.24, 2.45) is 0 Å². The number of carbonyl (C=O) groups excluding carboxylic acids is 1. The molecule has 1 saturated heterocycles. The molecule has 1 unspecified atom stereocenters. The van der Waals surface area contributed by atoms with Crippen LogP contribution in [-0.4, -0.2) is 30.0 Å². The lowest BCUT2D eigenvalue weighted by atomic mass is 10.2. The van der Waals surface area contributed by atoms with E-state index in [0.29, 0.717) is 0 Å². The van der Waals surface area contributed by atoms with E-state index in [1.54, 1.807) is 11.3 Å². The molecule has 1 aromatic carbocycles. The number of aromatic nitrogens is 1. The first-order valence-electron chi connectivity index (χ1n) is 7.25. The van der Waals surface area contributed by atoms with Gasteiger partial charge < -0.3 is 10.2 Å². The highest BCUT2D eigenvalue weighted by atomic mass is 32.1. The van der Waals surface area contributed by atoms with Gasteiger partial charge in [-0.3, -0.25) is 4.79 Å². The van der Waals surface area contributed by atoms with Crippen LogP contribution >= 0.6 is 11.3 Å². The molecule has 2 aromatic rings. The zero-order chi connectivity index (χ0) is 15.4. The van der Waals surface area contributed by atoms with Gasteiger partial charge in [0.15, 0.2) is 5.13 Å². The highest BCUT2D eigenvalue weighted by Gasteiger charge is 2.25. The van der Waals surface area contributed by atoms with Crippen LogP contribution in [0.4, 0.5) is 5.13 Å². The van der Waals surface area contributed by atoms with Crippen LogP contribution in [0.15, 0.2) is 36.5 Å². The highest BCUT2D eigenvalue weighted by molar-refractivity contribution is 7.15. The maximum atomic E-state index is 11.9. The average Bonchev–Trinajstić information content (AvgIpc) is 3.15. The molecule has 0 bridgehead atoms. The van der Waals surface area contributed by atoms with Crippen LogP contribution in [0.3, 0.4) is 0 Å². The Labute approximate surface area is 134 Å². The summed E-state index contributed by atoms with van der Waals surface area (Å²) in [5, 5.41) is 4.01. The Morgan fingerprint density at radius 3 is 2.95 bits per heavy atom. The summed E-state index contributed by atoms with van der Waals surface area (Å²) in [7, 11) is 0. The quantitative estimate of drug-likeness (QED) is 0.865. The Hall–Kier alpha value is -2.32. The maximum Gasteiger partial charge on any atom is 0.296 e. The molecule has 1 aliphatic heterocycles. The van der Waals surface area contributed by atoms with Gasteiger partial charge in [0.05, 0.1) is 0 Å². The number of nitrogens with zero attached hydrogens (tertiary/aromatic N) is 2. The van der Waals surface area contributed by atoms with Crippen LogP contribution in [0.2, 0.25) is 0 Å². The van der Waals surface area contributed by atoms with Crippen LogP contribution < -0.4 is 10.2 Å². The van der Waals surface area contributed by atoms with Gasteiger partial charge in [-0.1, -0.05) is 24.1 Å². The van der Waals surface area contributed by atoms with E-state index < -0.39 is 0 Å². The van der Waals surface area contributed by atoms with Crippen molar-refractivity contribution in [3.8, 4) is 11.8 Å². The summed E-state index contributed by atoms with van der Waals surface area (Å²) in [6.45, 7) is 3.77. The van der Waals surface area contributed by atoms with E-state index >= 15 is 0 Å². The molecule has 1 N–H and O–H groups in total. The number of aryl methyl sites for hydroxylation is 1.